The third kappa shape index (κ3) is 4.61. The average molecular weight is 552 g/mol. The minimum absolute atomic E-state index is 0. The molecule has 4 rings (SSSR count). The van der Waals surface area contributed by atoms with Crippen LogP contribution in [0.15, 0.2) is 47.5 Å². The van der Waals surface area contributed by atoms with Gasteiger partial charge in [0.25, 0.3) is 0 Å². The largest absolute Gasteiger partial charge is 0.147 e. The number of benzene rings is 2. The van der Waals surface area contributed by atoms with E-state index in [2.05, 4.69) is 108 Å². The van der Waals surface area contributed by atoms with Gasteiger partial charge in [-0.05, 0) is 0 Å². The molecule has 2 unspecified atom stereocenters. The second kappa shape index (κ2) is 10.4. The summed E-state index contributed by atoms with van der Waals surface area (Å²) >= 11 is -3.13. The van der Waals surface area contributed by atoms with Crippen LogP contribution in [0.2, 0.25) is 10.5 Å². The molecule has 0 heterocycles. The van der Waals surface area contributed by atoms with Crippen molar-refractivity contribution in [3.8, 4) is 0 Å². The van der Waals surface area contributed by atoms with Crippen molar-refractivity contribution in [3.05, 3.63) is 80.9 Å². The Morgan fingerprint density at radius 1 is 0.706 bits per heavy atom. The molecule has 2 atom stereocenters. The quantitative estimate of drug-likeness (QED) is 0.314. The number of fused-ring (bicyclic) bond motifs is 2. The molecule has 186 valence electrons. The van der Waals surface area contributed by atoms with E-state index in [1.165, 1.54) is 11.1 Å². The Bertz CT molecular complexity index is 1110. The van der Waals surface area contributed by atoms with E-state index in [1.54, 1.807) is 33.4 Å². The fourth-order valence-electron chi connectivity index (χ4n) is 7.00. The van der Waals surface area contributed by atoms with Crippen molar-refractivity contribution in [2.75, 3.05) is 0 Å². The first-order chi connectivity index (χ1) is 15.0. The molecule has 0 radical (unpaired) electrons. The van der Waals surface area contributed by atoms with Crippen LogP contribution in [-0.2, 0) is 14.0 Å². The van der Waals surface area contributed by atoms with Gasteiger partial charge in [-0.1, -0.05) is 0 Å². The summed E-state index contributed by atoms with van der Waals surface area (Å²) in [7, 11) is 2.46. The van der Waals surface area contributed by atoms with Gasteiger partial charge in [0, 0.05) is 0 Å². The molecule has 0 amide bonds. The predicted octanol–water partition coefficient (Wildman–Crippen LogP) is 9.51. The van der Waals surface area contributed by atoms with Crippen LogP contribution in [-0.4, -0.2) is 7.63 Å². The third-order valence-corrected chi connectivity index (χ3v) is 19.7. The van der Waals surface area contributed by atoms with E-state index in [0.717, 1.165) is 12.8 Å². The normalized spacial score (nSPS) is 19.3. The zero-order valence-corrected chi connectivity index (χ0v) is 27.0. The Hall–Kier alpha value is -0.569. The molecule has 2 aromatic carbocycles. The molecule has 0 saturated carbocycles. The van der Waals surface area contributed by atoms with Gasteiger partial charge in [-0.2, -0.15) is 0 Å². The van der Waals surface area contributed by atoms with Gasteiger partial charge >= 0.3 is 200 Å². The van der Waals surface area contributed by atoms with Gasteiger partial charge in [-0.25, -0.2) is 0 Å². The molecule has 2 aromatic rings. The topological polar surface area (TPSA) is 0 Å². The minimum Gasteiger partial charge on any atom is -0.147 e. The van der Waals surface area contributed by atoms with Gasteiger partial charge in [0.1, 0.15) is 0 Å². The first kappa shape index (κ1) is 29.7. The van der Waals surface area contributed by atoms with E-state index in [-0.39, 0.29) is 24.8 Å². The number of allylic oxidation sites excluding steroid dienone is 2. The van der Waals surface area contributed by atoms with E-state index in [9.17, 15) is 0 Å². The van der Waals surface area contributed by atoms with Crippen molar-refractivity contribution in [1.29, 1.82) is 0 Å². The molecule has 34 heavy (non-hydrogen) atoms. The van der Waals surface area contributed by atoms with Crippen molar-refractivity contribution in [3.63, 3.8) is 0 Å². The summed E-state index contributed by atoms with van der Waals surface area (Å²) in [5.41, 5.74) is 12.8. The summed E-state index contributed by atoms with van der Waals surface area (Å²) in [4.78, 5) is 0. The van der Waals surface area contributed by atoms with E-state index in [4.69, 9.17) is 0 Å². The standard InChI is InChI=1S/2C14H17.2CH3.2ClH.H2Si.Ti/c2*1-4-11-8-12-6-5-7-13(10(2)3)14(12)9-11;;;;;;/h2*5-10H,4H2,1-3H3;2*1H3;2*1H;1H2;. The first-order valence-electron chi connectivity index (χ1n) is 12.7. The summed E-state index contributed by atoms with van der Waals surface area (Å²) in [6.07, 6.45) is 7.50. The van der Waals surface area contributed by atoms with Crippen LogP contribution >= 0.6 is 24.8 Å². The number of rotatable bonds is 6. The van der Waals surface area contributed by atoms with Crippen LogP contribution in [0.5, 0.6) is 0 Å². The number of hydrogen-bond acceptors (Lipinski definition) is 0. The van der Waals surface area contributed by atoms with Crippen molar-refractivity contribution >= 4 is 44.6 Å². The van der Waals surface area contributed by atoms with Crippen molar-refractivity contribution in [2.45, 2.75) is 85.1 Å². The molecular formula is C30H44Cl2SiTi. The fourth-order valence-corrected chi connectivity index (χ4v) is 20.2. The van der Waals surface area contributed by atoms with Crippen LogP contribution in [0.1, 0.15) is 108 Å². The van der Waals surface area contributed by atoms with E-state index >= 15 is 0 Å². The maximum atomic E-state index is 2.76. The smallest absolute Gasteiger partial charge is 0.147 e. The number of hydrogen-bond donors (Lipinski definition) is 0. The monoisotopic (exact) mass is 550 g/mol. The molecule has 4 heteroatoms. The molecule has 2 aliphatic rings. The maximum absolute atomic E-state index is 3.13. The minimum atomic E-state index is -3.13. The van der Waals surface area contributed by atoms with E-state index in [0.29, 0.717) is 20.3 Å². The predicted molar refractivity (Wildman–Crippen MR) is 158 cm³/mol. The Morgan fingerprint density at radius 2 is 1.06 bits per heavy atom. The van der Waals surface area contributed by atoms with Crippen molar-refractivity contribution in [1.82, 2.24) is 0 Å². The first-order valence-corrected chi connectivity index (χ1v) is 21.7. The summed E-state index contributed by atoms with van der Waals surface area (Å²) in [5.74, 6) is 1.13. The Labute approximate surface area is 223 Å². The second-order valence-corrected chi connectivity index (χ2v) is 32.1. The molecular weight excluding hydrogens is 507 g/mol. The number of halogens is 2. The third-order valence-electron chi connectivity index (χ3n) is 8.33. The molecule has 0 spiro atoms. The summed E-state index contributed by atoms with van der Waals surface area (Å²) in [5, 5.41) is 5.51. The van der Waals surface area contributed by atoms with Gasteiger partial charge < -0.3 is 0 Å². The van der Waals surface area contributed by atoms with Crippen molar-refractivity contribution < 1.29 is 14.0 Å². The molecule has 0 aromatic heterocycles. The molecule has 2 aliphatic carbocycles. The average Bonchev–Trinajstić information content (AvgIpc) is 3.31. The molecule has 0 fully saturated rings. The Morgan fingerprint density at radius 3 is 1.35 bits per heavy atom. The summed E-state index contributed by atoms with van der Waals surface area (Å²) in [6, 6.07) is 14.3. The summed E-state index contributed by atoms with van der Waals surface area (Å²) in [6.45, 7) is 14.1. The van der Waals surface area contributed by atoms with Crippen LogP contribution in [0.3, 0.4) is 0 Å². The molecule has 0 aliphatic heterocycles. The van der Waals surface area contributed by atoms with Crippen LogP contribution < -0.4 is 0 Å². The van der Waals surface area contributed by atoms with Gasteiger partial charge in [0.2, 0.25) is 0 Å². The molecule has 0 N–H and O–H groups in total. The van der Waals surface area contributed by atoms with Gasteiger partial charge in [0.05, 0.1) is 0 Å². The second-order valence-electron chi connectivity index (χ2n) is 12.0. The van der Waals surface area contributed by atoms with E-state index < -0.39 is 14.0 Å². The zero-order valence-electron chi connectivity index (χ0n) is 22.4. The van der Waals surface area contributed by atoms with Crippen LogP contribution in [0.25, 0.3) is 12.2 Å². The Kier molecular flexibility index (Phi) is 9.10. The Balaban J connectivity index is 0.00000204. The van der Waals surface area contributed by atoms with Gasteiger partial charge in [-0.3, -0.25) is 0 Å². The van der Waals surface area contributed by atoms with Gasteiger partial charge in [0.15, 0.2) is 0 Å². The fraction of sp³-hybridized carbons (Fsp3) is 0.467. The molecule has 0 saturated heterocycles. The SMILES string of the molecule is CCC1=Cc2c(C(C)C)cccc2[CH]1[Ti]([CH3])([CH3])(=[SiH2])[CH]1C(CC)=Cc2c(C(C)C)cccc21.Cl.Cl. The zero-order chi connectivity index (χ0) is 23.4. The molecule has 0 nitrogen and oxygen atoms in total. The maximum Gasteiger partial charge on any atom is -0.147 e. The van der Waals surface area contributed by atoms with Crippen LogP contribution in [0.4, 0.5) is 0 Å². The van der Waals surface area contributed by atoms with Gasteiger partial charge in [-0.15, -0.1) is 24.8 Å². The van der Waals surface area contributed by atoms with Crippen molar-refractivity contribution in [2.24, 2.45) is 0 Å². The molecule has 0 bridgehead atoms. The van der Waals surface area contributed by atoms with E-state index in [1.807, 2.05) is 0 Å². The van der Waals surface area contributed by atoms with Crippen LogP contribution in [0, 0.1) is 0 Å². The summed E-state index contributed by atoms with van der Waals surface area (Å²) < 4.78 is 1.25.